The van der Waals surface area contributed by atoms with Gasteiger partial charge in [0, 0.05) is 18.3 Å². The number of rotatable bonds is 5. The number of methoxy groups -OCH3 is 1. The lowest BCUT2D eigenvalue weighted by Crippen LogP contribution is -2.42. The molecule has 4 heteroatoms. The van der Waals surface area contributed by atoms with Gasteiger partial charge >= 0.3 is 0 Å². The van der Waals surface area contributed by atoms with Crippen molar-refractivity contribution in [3.8, 4) is 5.88 Å². The van der Waals surface area contributed by atoms with Crippen molar-refractivity contribution in [2.24, 2.45) is 11.8 Å². The van der Waals surface area contributed by atoms with Crippen LogP contribution in [-0.4, -0.2) is 18.1 Å². The number of pyridine rings is 1. The Balaban J connectivity index is 1.96. The van der Waals surface area contributed by atoms with Gasteiger partial charge in [0.2, 0.25) is 5.88 Å². The van der Waals surface area contributed by atoms with Crippen molar-refractivity contribution in [1.82, 2.24) is 10.4 Å². The van der Waals surface area contributed by atoms with Crippen LogP contribution in [0.25, 0.3) is 0 Å². The second kappa shape index (κ2) is 7.46. The van der Waals surface area contributed by atoms with Gasteiger partial charge in [-0.2, -0.15) is 0 Å². The molecule has 3 N–H and O–H groups in total. The summed E-state index contributed by atoms with van der Waals surface area (Å²) in [6, 6.07) is 4.34. The summed E-state index contributed by atoms with van der Waals surface area (Å²) in [5, 5.41) is 0. The van der Waals surface area contributed by atoms with E-state index in [4.69, 9.17) is 10.6 Å². The number of nitrogens with two attached hydrogens (primary N) is 1. The molecule has 1 aliphatic carbocycles. The van der Waals surface area contributed by atoms with Crippen LogP contribution in [0, 0.1) is 5.92 Å². The molecule has 1 saturated carbocycles. The first-order chi connectivity index (χ1) is 9.33. The van der Waals surface area contributed by atoms with Gasteiger partial charge in [0.25, 0.3) is 0 Å². The average Bonchev–Trinajstić information content (AvgIpc) is 2.74. The van der Waals surface area contributed by atoms with Crippen LogP contribution in [0.15, 0.2) is 18.3 Å². The Labute approximate surface area is 115 Å². The predicted octanol–water partition coefficient (Wildman–Crippen LogP) is 2.44. The molecule has 1 unspecified atom stereocenters. The quantitative estimate of drug-likeness (QED) is 0.486. The molecule has 1 aromatic rings. The number of nitrogens with zero attached hydrogens (tertiary/aromatic N) is 1. The van der Waals surface area contributed by atoms with Crippen LogP contribution in [0.2, 0.25) is 0 Å². The monoisotopic (exact) mass is 263 g/mol. The van der Waals surface area contributed by atoms with Crippen LogP contribution >= 0.6 is 0 Å². The lowest BCUT2D eigenvalue weighted by Gasteiger charge is -2.25. The molecule has 0 saturated heterocycles. The van der Waals surface area contributed by atoms with Gasteiger partial charge in [-0.3, -0.25) is 11.3 Å². The minimum Gasteiger partial charge on any atom is -0.481 e. The lowest BCUT2D eigenvalue weighted by molar-refractivity contribution is 0.320. The first-order valence-corrected chi connectivity index (χ1v) is 7.28. The molecule has 4 nitrogen and oxygen atoms in total. The molecule has 0 radical (unpaired) electrons. The number of nitrogens with one attached hydrogen (secondary N) is 1. The molecule has 1 aromatic heterocycles. The van der Waals surface area contributed by atoms with Gasteiger partial charge in [-0.1, -0.05) is 31.7 Å². The van der Waals surface area contributed by atoms with Crippen molar-refractivity contribution < 1.29 is 4.74 Å². The Morgan fingerprint density at radius 3 is 2.58 bits per heavy atom. The minimum atomic E-state index is 0.355. The third-order valence-electron chi connectivity index (χ3n) is 4.15. The molecule has 19 heavy (non-hydrogen) atoms. The summed E-state index contributed by atoms with van der Waals surface area (Å²) in [5.41, 5.74) is 4.23. The summed E-state index contributed by atoms with van der Waals surface area (Å²) in [4.78, 5) is 4.26. The molecule has 0 spiro atoms. The van der Waals surface area contributed by atoms with E-state index < -0.39 is 0 Å². The summed E-state index contributed by atoms with van der Waals surface area (Å²) in [6.07, 6.45) is 10.8. The summed E-state index contributed by atoms with van der Waals surface area (Å²) in [5.74, 6) is 7.12. The molecular formula is C15H25N3O. The summed E-state index contributed by atoms with van der Waals surface area (Å²) < 4.78 is 5.08. The number of aromatic nitrogens is 1. The Morgan fingerprint density at radius 2 is 2.05 bits per heavy atom. The summed E-state index contributed by atoms with van der Waals surface area (Å²) >= 11 is 0. The number of hydrazine groups is 1. The highest BCUT2D eigenvalue weighted by Crippen LogP contribution is 2.27. The molecule has 1 atom stereocenters. The minimum absolute atomic E-state index is 0.355. The largest absolute Gasteiger partial charge is 0.481 e. The van der Waals surface area contributed by atoms with Crippen LogP contribution in [0.4, 0.5) is 0 Å². The maximum absolute atomic E-state index is 5.76. The van der Waals surface area contributed by atoms with Crippen molar-refractivity contribution in [2.75, 3.05) is 7.11 Å². The maximum Gasteiger partial charge on any atom is 0.212 e. The van der Waals surface area contributed by atoms with E-state index in [1.165, 1.54) is 44.1 Å². The summed E-state index contributed by atoms with van der Waals surface area (Å²) in [7, 11) is 1.64. The molecule has 1 aliphatic rings. The van der Waals surface area contributed by atoms with Crippen LogP contribution in [0.5, 0.6) is 5.88 Å². The van der Waals surface area contributed by atoms with E-state index in [0.717, 1.165) is 6.42 Å². The molecular weight excluding hydrogens is 238 g/mol. The van der Waals surface area contributed by atoms with Gasteiger partial charge in [0.15, 0.2) is 0 Å². The third-order valence-corrected chi connectivity index (χ3v) is 4.15. The van der Waals surface area contributed by atoms with Crippen LogP contribution in [0.3, 0.4) is 0 Å². The zero-order chi connectivity index (χ0) is 13.5. The van der Waals surface area contributed by atoms with Gasteiger partial charge in [-0.15, -0.1) is 0 Å². The highest BCUT2D eigenvalue weighted by Gasteiger charge is 2.22. The van der Waals surface area contributed by atoms with E-state index in [1.54, 1.807) is 7.11 Å². The molecule has 0 aromatic carbocycles. The van der Waals surface area contributed by atoms with Gasteiger partial charge in [-0.25, -0.2) is 4.98 Å². The van der Waals surface area contributed by atoms with E-state index in [1.807, 2.05) is 12.3 Å². The predicted molar refractivity (Wildman–Crippen MR) is 76.8 cm³/mol. The van der Waals surface area contributed by atoms with E-state index in [9.17, 15) is 0 Å². The van der Waals surface area contributed by atoms with Crippen molar-refractivity contribution in [3.63, 3.8) is 0 Å². The number of hydrogen-bond donors (Lipinski definition) is 2. The SMILES string of the molecule is COc1ccc(CC(NN)C2CCCCCC2)cn1. The van der Waals surface area contributed by atoms with Crippen molar-refractivity contribution in [3.05, 3.63) is 23.9 Å². The van der Waals surface area contributed by atoms with Crippen molar-refractivity contribution >= 4 is 0 Å². The Morgan fingerprint density at radius 1 is 1.32 bits per heavy atom. The standard InChI is InChI=1S/C15H25N3O/c1-19-15-9-8-12(11-17-15)10-14(18-16)13-6-4-2-3-5-7-13/h8-9,11,13-14,18H,2-7,10,16H2,1H3. The lowest BCUT2D eigenvalue weighted by atomic mass is 9.88. The zero-order valence-electron chi connectivity index (χ0n) is 11.8. The summed E-state index contributed by atoms with van der Waals surface area (Å²) in [6.45, 7) is 0. The number of ether oxygens (including phenoxy) is 1. The van der Waals surface area contributed by atoms with E-state index in [-0.39, 0.29) is 0 Å². The van der Waals surface area contributed by atoms with Gasteiger partial charge in [0.05, 0.1) is 7.11 Å². The van der Waals surface area contributed by atoms with Crippen molar-refractivity contribution in [2.45, 2.75) is 51.0 Å². The molecule has 1 fully saturated rings. The molecule has 0 amide bonds. The van der Waals surface area contributed by atoms with E-state index in [2.05, 4.69) is 16.5 Å². The fourth-order valence-electron chi connectivity index (χ4n) is 2.98. The fraction of sp³-hybridized carbons (Fsp3) is 0.667. The highest BCUT2D eigenvalue weighted by atomic mass is 16.5. The first kappa shape index (κ1) is 14.3. The fourth-order valence-corrected chi connectivity index (χ4v) is 2.98. The van der Waals surface area contributed by atoms with E-state index >= 15 is 0 Å². The van der Waals surface area contributed by atoms with Crippen molar-refractivity contribution in [1.29, 1.82) is 0 Å². The second-order valence-electron chi connectivity index (χ2n) is 5.44. The molecule has 106 valence electrons. The molecule has 2 rings (SSSR count). The normalized spacial score (nSPS) is 18.8. The Hall–Kier alpha value is -1.13. The molecule has 1 heterocycles. The maximum atomic E-state index is 5.76. The average molecular weight is 263 g/mol. The topological polar surface area (TPSA) is 60.2 Å². The first-order valence-electron chi connectivity index (χ1n) is 7.28. The Bertz CT molecular complexity index is 358. The smallest absolute Gasteiger partial charge is 0.212 e. The van der Waals surface area contributed by atoms with Crippen LogP contribution in [-0.2, 0) is 6.42 Å². The van der Waals surface area contributed by atoms with Crippen LogP contribution in [0.1, 0.15) is 44.1 Å². The Kier molecular flexibility index (Phi) is 5.61. The van der Waals surface area contributed by atoms with Gasteiger partial charge in [0.1, 0.15) is 0 Å². The zero-order valence-corrected chi connectivity index (χ0v) is 11.8. The third kappa shape index (κ3) is 4.18. The van der Waals surface area contributed by atoms with E-state index in [0.29, 0.717) is 17.8 Å². The number of hydrogen-bond acceptors (Lipinski definition) is 4. The molecule has 0 aliphatic heterocycles. The second-order valence-corrected chi connectivity index (χ2v) is 5.44. The van der Waals surface area contributed by atoms with Gasteiger partial charge in [-0.05, 0) is 30.7 Å². The highest BCUT2D eigenvalue weighted by molar-refractivity contribution is 5.18. The van der Waals surface area contributed by atoms with Gasteiger partial charge < -0.3 is 4.74 Å². The van der Waals surface area contributed by atoms with Crippen LogP contribution < -0.4 is 16.0 Å². The molecule has 0 bridgehead atoms.